The third kappa shape index (κ3) is 6.56. The Morgan fingerprint density at radius 2 is 1.86 bits per heavy atom. The maximum absolute atomic E-state index is 12.4. The third-order valence-electron chi connectivity index (χ3n) is 5.00. The second-order valence-corrected chi connectivity index (χ2v) is 8.48. The summed E-state index contributed by atoms with van der Waals surface area (Å²) in [6.45, 7) is 3.94. The molecule has 156 valence electrons. The first-order valence-electron chi connectivity index (χ1n) is 10.2. The number of rotatable bonds is 7. The fraction of sp³-hybridized carbons (Fsp3) is 0.500. The van der Waals surface area contributed by atoms with E-state index in [1.165, 1.54) is 12.8 Å². The number of esters is 1. The molecular weight excluding hydrogens is 388 g/mol. The fourth-order valence-corrected chi connectivity index (χ4v) is 3.94. The number of ether oxygens (including phenoxy) is 2. The monoisotopic (exact) mass is 416 g/mol. The number of carbonyl (C=O) groups excluding carboxylic acids is 2. The molecule has 0 spiro atoms. The molecule has 1 saturated carbocycles. The lowest BCUT2D eigenvalue weighted by atomic mass is 10.1. The van der Waals surface area contributed by atoms with Crippen LogP contribution in [0.4, 0.5) is 0 Å². The van der Waals surface area contributed by atoms with Gasteiger partial charge in [-0.1, -0.05) is 25.7 Å². The van der Waals surface area contributed by atoms with Crippen LogP contribution >= 0.6 is 11.3 Å². The molecule has 0 saturated heterocycles. The number of nitrogens with one attached hydrogen (secondary N) is 1. The fourth-order valence-electron chi connectivity index (χ4n) is 3.34. The zero-order valence-electron chi connectivity index (χ0n) is 17.0. The summed E-state index contributed by atoms with van der Waals surface area (Å²) in [5.74, 6) is -0.106. The molecule has 0 radical (unpaired) electrons. The third-order valence-corrected chi connectivity index (χ3v) is 5.82. The molecule has 2 aromatic rings. The summed E-state index contributed by atoms with van der Waals surface area (Å²) < 4.78 is 11.0. The normalized spacial score (nSPS) is 15.9. The number of benzene rings is 1. The summed E-state index contributed by atoms with van der Waals surface area (Å²) in [6.07, 6.45) is 5.88. The Balaban J connectivity index is 1.47. The first kappa shape index (κ1) is 21.3. The standard InChI is InChI=1S/C22H28N2O4S/c1-15(21(25)24-18-7-5-3-4-6-8-18)28-22(26)17-9-11-20(12-10-17)27-13-19-14-29-16(2)23-19/h9-12,14-15,18H,3-8,13H2,1-2H3,(H,24,25)/t15-/m1/s1. The highest BCUT2D eigenvalue weighted by molar-refractivity contribution is 7.09. The van der Waals surface area contributed by atoms with Crippen molar-refractivity contribution in [2.45, 2.75) is 71.1 Å². The van der Waals surface area contributed by atoms with Gasteiger partial charge < -0.3 is 14.8 Å². The zero-order chi connectivity index (χ0) is 20.6. The molecule has 1 aromatic heterocycles. The van der Waals surface area contributed by atoms with Gasteiger partial charge in [-0.15, -0.1) is 11.3 Å². The van der Waals surface area contributed by atoms with Crippen molar-refractivity contribution in [3.63, 3.8) is 0 Å². The number of amides is 1. The molecule has 3 rings (SSSR count). The molecule has 1 atom stereocenters. The predicted molar refractivity (Wildman–Crippen MR) is 112 cm³/mol. The first-order valence-corrected chi connectivity index (χ1v) is 11.0. The predicted octanol–water partition coefficient (Wildman–Crippen LogP) is 4.41. The topological polar surface area (TPSA) is 77.5 Å². The van der Waals surface area contributed by atoms with Crippen molar-refractivity contribution < 1.29 is 19.1 Å². The van der Waals surface area contributed by atoms with Crippen molar-refractivity contribution in [1.29, 1.82) is 0 Å². The Hall–Kier alpha value is -2.41. The Kier molecular flexibility index (Phi) is 7.63. The van der Waals surface area contributed by atoms with Crippen LogP contribution in [-0.2, 0) is 16.1 Å². The van der Waals surface area contributed by atoms with Gasteiger partial charge in [0.2, 0.25) is 0 Å². The number of aryl methyl sites for hydroxylation is 1. The number of carbonyl (C=O) groups is 2. The molecule has 1 aliphatic rings. The average Bonchev–Trinajstić information content (AvgIpc) is 2.96. The van der Waals surface area contributed by atoms with E-state index in [2.05, 4.69) is 10.3 Å². The highest BCUT2D eigenvalue weighted by Crippen LogP contribution is 2.18. The van der Waals surface area contributed by atoms with Gasteiger partial charge in [-0.2, -0.15) is 0 Å². The van der Waals surface area contributed by atoms with E-state index in [0.29, 0.717) is 17.9 Å². The lowest BCUT2D eigenvalue weighted by Gasteiger charge is -2.19. The molecule has 1 aromatic carbocycles. The molecule has 1 N–H and O–H groups in total. The van der Waals surface area contributed by atoms with Gasteiger partial charge in [0.05, 0.1) is 16.3 Å². The summed E-state index contributed by atoms with van der Waals surface area (Å²) in [6, 6.07) is 6.89. The highest BCUT2D eigenvalue weighted by Gasteiger charge is 2.22. The van der Waals surface area contributed by atoms with Crippen LogP contribution in [0.3, 0.4) is 0 Å². The minimum atomic E-state index is -0.824. The summed E-state index contributed by atoms with van der Waals surface area (Å²) in [4.78, 5) is 29.1. The van der Waals surface area contributed by atoms with Gasteiger partial charge in [0.25, 0.3) is 5.91 Å². The Bertz CT molecular complexity index is 810. The Morgan fingerprint density at radius 3 is 2.48 bits per heavy atom. The van der Waals surface area contributed by atoms with Gasteiger partial charge in [0.1, 0.15) is 12.4 Å². The first-order chi connectivity index (χ1) is 14.0. The molecule has 0 bridgehead atoms. The summed E-state index contributed by atoms with van der Waals surface area (Å²) in [5.41, 5.74) is 1.26. The molecule has 1 aliphatic carbocycles. The Labute approximate surface area is 175 Å². The molecule has 29 heavy (non-hydrogen) atoms. The maximum atomic E-state index is 12.4. The lowest BCUT2D eigenvalue weighted by molar-refractivity contribution is -0.129. The molecule has 0 aliphatic heterocycles. The van der Waals surface area contributed by atoms with E-state index in [1.807, 2.05) is 12.3 Å². The van der Waals surface area contributed by atoms with Crippen molar-refractivity contribution in [1.82, 2.24) is 10.3 Å². The Morgan fingerprint density at radius 1 is 1.17 bits per heavy atom. The molecule has 0 unspecified atom stereocenters. The van der Waals surface area contributed by atoms with Gasteiger partial charge in [0, 0.05) is 11.4 Å². The van der Waals surface area contributed by atoms with Gasteiger partial charge >= 0.3 is 5.97 Å². The average molecular weight is 417 g/mol. The molecule has 1 amide bonds. The minimum Gasteiger partial charge on any atom is -0.487 e. The molecule has 6 nitrogen and oxygen atoms in total. The molecule has 1 fully saturated rings. The molecule has 1 heterocycles. The van der Waals surface area contributed by atoms with E-state index in [4.69, 9.17) is 9.47 Å². The van der Waals surface area contributed by atoms with Crippen LogP contribution in [0.15, 0.2) is 29.6 Å². The van der Waals surface area contributed by atoms with E-state index in [-0.39, 0.29) is 11.9 Å². The van der Waals surface area contributed by atoms with Crippen LogP contribution in [-0.4, -0.2) is 29.0 Å². The van der Waals surface area contributed by atoms with Crippen LogP contribution in [0.5, 0.6) is 5.75 Å². The minimum absolute atomic E-state index is 0.184. The maximum Gasteiger partial charge on any atom is 0.338 e. The van der Waals surface area contributed by atoms with Gasteiger partial charge in [-0.05, 0) is 51.0 Å². The van der Waals surface area contributed by atoms with Gasteiger partial charge in [-0.3, -0.25) is 4.79 Å². The van der Waals surface area contributed by atoms with Crippen LogP contribution in [0, 0.1) is 6.92 Å². The van der Waals surface area contributed by atoms with Crippen LogP contribution in [0.1, 0.15) is 66.5 Å². The zero-order valence-corrected chi connectivity index (χ0v) is 17.8. The van der Waals surface area contributed by atoms with Crippen molar-refractivity contribution in [3.8, 4) is 5.75 Å². The van der Waals surface area contributed by atoms with Crippen LogP contribution in [0.25, 0.3) is 0 Å². The van der Waals surface area contributed by atoms with Crippen molar-refractivity contribution in [2.75, 3.05) is 0 Å². The van der Waals surface area contributed by atoms with E-state index < -0.39 is 12.1 Å². The SMILES string of the molecule is Cc1nc(COc2ccc(C(=O)O[C@H](C)C(=O)NC3CCCCCC3)cc2)cs1. The largest absolute Gasteiger partial charge is 0.487 e. The number of thiazole rings is 1. The summed E-state index contributed by atoms with van der Waals surface area (Å²) >= 11 is 1.58. The smallest absolute Gasteiger partial charge is 0.338 e. The van der Waals surface area contributed by atoms with Crippen molar-refractivity contribution in [3.05, 3.63) is 45.9 Å². The second-order valence-electron chi connectivity index (χ2n) is 7.42. The van der Waals surface area contributed by atoms with E-state index in [9.17, 15) is 9.59 Å². The summed E-state index contributed by atoms with van der Waals surface area (Å²) in [7, 11) is 0. The number of nitrogens with zero attached hydrogens (tertiary/aromatic N) is 1. The van der Waals surface area contributed by atoms with Gasteiger partial charge in [0.15, 0.2) is 6.10 Å². The second kappa shape index (κ2) is 10.4. The lowest BCUT2D eigenvalue weighted by Crippen LogP contribution is -2.41. The van der Waals surface area contributed by atoms with Crippen LogP contribution in [0.2, 0.25) is 0 Å². The quantitative estimate of drug-likeness (QED) is 0.534. The number of aromatic nitrogens is 1. The van der Waals surface area contributed by atoms with Crippen LogP contribution < -0.4 is 10.1 Å². The van der Waals surface area contributed by atoms with Gasteiger partial charge in [-0.25, -0.2) is 9.78 Å². The van der Waals surface area contributed by atoms with Crippen molar-refractivity contribution in [2.24, 2.45) is 0 Å². The molecular formula is C22H28N2O4S. The number of hydrogen-bond acceptors (Lipinski definition) is 6. The summed E-state index contributed by atoms with van der Waals surface area (Å²) in [5, 5.41) is 5.98. The highest BCUT2D eigenvalue weighted by atomic mass is 32.1. The molecule has 7 heteroatoms. The van der Waals surface area contributed by atoms with E-state index in [1.54, 1.807) is 42.5 Å². The van der Waals surface area contributed by atoms with E-state index >= 15 is 0 Å². The number of hydrogen-bond donors (Lipinski definition) is 1. The van der Waals surface area contributed by atoms with E-state index in [0.717, 1.165) is 36.4 Å². The van der Waals surface area contributed by atoms with Crippen molar-refractivity contribution >= 4 is 23.2 Å².